The van der Waals surface area contributed by atoms with Gasteiger partial charge in [0.15, 0.2) is 5.12 Å². The van der Waals surface area contributed by atoms with Crippen molar-refractivity contribution in [3.63, 3.8) is 0 Å². The summed E-state index contributed by atoms with van der Waals surface area (Å²) < 4.78 is 17.0. The van der Waals surface area contributed by atoms with E-state index in [4.69, 9.17) is 14.2 Å². The highest BCUT2D eigenvalue weighted by atomic mass is 32.2. The molecule has 0 radical (unpaired) electrons. The van der Waals surface area contributed by atoms with Crippen LogP contribution in [0.3, 0.4) is 0 Å². The smallest absolute Gasteiger partial charge is 0.285 e. The molecule has 0 saturated carbocycles. The molecule has 196 valence electrons. The minimum atomic E-state index is -1.64. The van der Waals surface area contributed by atoms with E-state index in [2.05, 4.69) is 10.6 Å². The molecule has 1 heterocycles. The highest BCUT2D eigenvalue weighted by Gasteiger charge is 2.51. The normalized spacial score (nSPS) is 23.6. The van der Waals surface area contributed by atoms with Crippen molar-refractivity contribution in [2.75, 3.05) is 32.6 Å². The van der Waals surface area contributed by atoms with Gasteiger partial charge in [0.2, 0.25) is 11.8 Å². The third-order valence-electron chi connectivity index (χ3n) is 5.05. The number of ether oxygens (including phenoxy) is 3. The van der Waals surface area contributed by atoms with Gasteiger partial charge in [-0.2, -0.15) is 0 Å². The van der Waals surface area contributed by atoms with Crippen molar-refractivity contribution in [2.24, 2.45) is 5.41 Å². The van der Waals surface area contributed by atoms with Gasteiger partial charge in [0.1, 0.15) is 11.9 Å². The number of nitrogens with one attached hydrogen (secondary N) is 2. The molecule has 0 spiro atoms. The first-order valence-corrected chi connectivity index (χ1v) is 12.2. The van der Waals surface area contributed by atoms with Crippen molar-refractivity contribution in [3.05, 3.63) is 0 Å². The molecule has 4 N–H and O–H groups in total. The van der Waals surface area contributed by atoms with Crippen LogP contribution < -0.4 is 10.6 Å². The molecule has 4 atom stereocenters. The summed E-state index contributed by atoms with van der Waals surface area (Å²) in [6.07, 6.45) is -2.76. The van der Waals surface area contributed by atoms with Gasteiger partial charge in [-0.15, -0.1) is 0 Å². The number of carbonyl (C=O) groups excluding carboxylic acids is 4. The molecule has 1 aliphatic rings. The number of aliphatic hydroxyl groups excluding tert-OH is 2. The number of aliphatic hydroxyl groups is 2. The molecular formula is C22H38N2O9S. The summed E-state index contributed by atoms with van der Waals surface area (Å²) in [5.41, 5.74) is -0.701. The Labute approximate surface area is 204 Å². The number of carbonyl (C=O) groups is 4. The number of amides is 2. The summed E-state index contributed by atoms with van der Waals surface area (Å²) in [6.45, 7) is 6.94. The Morgan fingerprint density at radius 1 is 1.18 bits per heavy atom. The third kappa shape index (κ3) is 10.8. The lowest BCUT2D eigenvalue weighted by Crippen LogP contribution is -2.60. The van der Waals surface area contributed by atoms with Crippen LogP contribution in [0.25, 0.3) is 0 Å². The van der Waals surface area contributed by atoms with Crippen LogP contribution >= 0.6 is 11.8 Å². The fraction of sp³-hybridized carbons (Fsp3) is 0.818. The fourth-order valence-electron chi connectivity index (χ4n) is 3.31. The first-order chi connectivity index (χ1) is 15.8. The van der Waals surface area contributed by atoms with Crippen LogP contribution in [0.5, 0.6) is 0 Å². The third-order valence-corrected chi connectivity index (χ3v) is 5.93. The Balaban J connectivity index is 2.51. The predicted molar refractivity (Wildman–Crippen MR) is 125 cm³/mol. The van der Waals surface area contributed by atoms with E-state index in [1.165, 1.54) is 14.0 Å². The summed E-state index contributed by atoms with van der Waals surface area (Å²) in [5.74, 6) is -2.22. The molecule has 1 saturated heterocycles. The molecule has 1 fully saturated rings. The van der Waals surface area contributed by atoms with Gasteiger partial charge >= 0.3 is 0 Å². The number of ketones is 1. The van der Waals surface area contributed by atoms with E-state index in [1.807, 2.05) is 0 Å². The maximum atomic E-state index is 12.8. The van der Waals surface area contributed by atoms with Gasteiger partial charge in [-0.3, -0.25) is 19.2 Å². The van der Waals surface area contributed by atoms with Crippen LogP contribution in [0.15, 0.2) is 0 Å². The van der Waals surface area contributed by atoms with E-state index < -0.39 is 35.6 Å². The topological polar surface area (TPSA) is 160 Å². The van der Waals surface area contributed by atoms with Crippen molar-refractivity contribution in [1.29, 1.82) is 0 Å². The lowest BCUT2D eigenvalue weighted by atomic mass is 9.85. The molecule has 1 aliphatic heterocycles. The molecule has 2 amide bonds. The van der Waals surface area contributed by atoms with Crippen molar-refractivity contribution < 1.29 is 43.6 Å². The maximum absolute atomic E-state index is 12.8. The number of hydrogen-bond donors (Lipinski definition) is 4. The number of thioether (sulfide) groups is 1. The average Bonchev–Trinajstić information content (AvgIpc) is 2.71. The largest absolute Gasteiger partial charge is 0.393 e. The predicted octanol–water partition coefficient (Wildman–Crippen LogP) is 0.112. The monoisotopic (exact) mass is 506 g/mol. The van der Waals surface area contributed by atoms with Crippen LogP contribution in [0, 0.1) is 5.41 Å². The number of hydrogen-bond acceptors (Lipinski definition) is 10. The van der Waals surface area contributed by atoms with Gasteiger partial charge in [-0.1, -0.05) is 25.6 Å². The summed E-state index contributed by atoms with van der Waals surface area (Å²) in [7, 11) is 1.35. The van der Waals surface area contributed by atoms with Gasteiger partial charge in [0.25, 0.3) is 5.97 Å². The van der Waals surface area contributed by atoms with Crippen LogP contribution in [0.2, 0.25) is 0 Å². The Hall–Kier alpha value is -1.57. The molecule has 0 aromatic heterocycles. The molecule has 1 rings (SSSR count). The molecule has 0 aromatic rings. The zero-order valence-electron chi connectivity index (χ0n) is 20.5. The quantitative estimate of drug-likeness (QED) is 0.188. The lowest BCUT2D eigenvalue weighted by molar-refractivity contribution is -0.429. The van der Waals surface area contributed by atoms with Crippen molar-refractivity contribution in [2.45, 2.75) is 77.7 Å². The molecule has 0 bridgehead atoms. The summed E-state index contributed by atoms with van der Waals surface area (Å²) in [6, 6.07) is 0. The van der Waals surface area contributed by atoms with Crippen molar-refractivity contribution >= 4 is 34.5 Å². The molecule has 3 unspecified atom stereocenters. The number of methoxy groups -OCH3 is 1. The number of rotatable bonds is 14. The first kappa shape index (κ1) is 30.5. The summed E-state index contributed by atoms with van der Waals surface area (Å²) in [4.78, 5) is 47.1. The second kappa shape index (κ2) is 14.1. The van der Waals surface area contributed by atoms with Crippen LogP contribution in [-0.2, 0) is 33.4 Å². The molecule has 12 heteroatoms. The zero-order chi connectivity index (χ0) is 25.9. The standard InChI is InChI=1S/C22H38N2O9S/c1-14(25)10-16(27)12-22(31-5)32-13-21(3,4)19(33-22)20(30)24-7-6-17(28)23-8-9-34-18(29)11-15(2)26/h14,16,19,25,27H,6-13H2,1-5H3,(H,23,28)(H,24,30)/t14?,16?,19-,22?/m0/s1. The SMILES string of the molecule is COC1(CC(O)CC(C)O)OCC(C)(C)[C@H](C(=O)NCCC(=O)NCCSC(=O)CC(C)=O)O1. The Morgan fingerprint density at radius 3 is 2.44 bits per heavy atom. The second-order valence-electron chi connectivity index (χ2n) is 9.10. The van der Waals surface area contributed by atoms with Crippen LogP contribution in [0.4, 0.5) is 0 Å². The molecule has 34 heavy (non-hydrogen) atoms. The van der Waals surface area contributed by atoms with Crippen LogP contribution in [0.1, 0.15) is 53.4 Å². The van der Waals surface area contributed by atoms with Gasteiger partial charge in [-0.05, 0) is 20.3 Å². The molecule has 0 aliphatic carbocycles. The minimum absolute atomic E-state index is 0.0317. The van der Waals surface area contributed by atoms with E-state index in [1.54, 1.807) is 20.8 Å². The van der Waals surface area contributed by atoms with Crippen molar-refractivity contribution in [3.8, 4) is 0 Å². The van der Waals surface area contributed by atoms with Gasteiger partial charge in [-0.25, -0.2) is 0 Å². The zero-order valence-corrected chi connectivity index (χ0v) is 21.4. The van der Waals surface area contributed by atoms with Crippen LogP contribution in [-0.4, -0.2) is 89.8 Å². The minimum Gasteiger partial charge on any atom is -0.393 e. The molecule has 0 aromatic carbocycles. The highest BCUT2D eigenvalue weighted by Crippen LogP contribution is 2.38. The molecular weight excluding hydrogens is 468 g/mol. The fourth-order valence-corrected chi connectivity index (χ4v) is 4.04. The van der Waals surface area contributed by atoms with E-state index in [0.29, 0.717) is 5.75 Å². The number of Topliss-reactive ketones (excluding diaryl/α,β-unsaturated/α-hetero) is 1. The highest BCUT2D eigenvalue weighted by molar-refractivity contribution is 8.13. The summed E-state index contributed by atoms with van der Waals surface area (Å²) in [5, 5.41) is 24.8. The second-order valence-corrected chi connectivity index (χ2v) is 10.2. The van der Waals surface area contributed by atoms with Gasteiger partial charge in [0, 0.05) is 37.8 Å². The van der Waals surface area contributed by atoms with E-state index in [9.17, 15) is 29.4 Å². The Kier molecular flexibility index (Phi) is 12.6. The Bertz CT molecular complexity index is 716. The van der Waals surface area contributed by atoms with Gasteiger partial charge in [0.05, 0.1) is 31.7 Å². The lowest BCUT2D eigenvalue weighted by Gasteiger charge is -2.47. The van der Waals surface area contributed by atoms with Gasteiger partial charge < -0.3 is 35.1 Å². The van der Waals surface area contributed by atoms with E-state index >= 15 is 0 Å². The molecule has 11 nitrogen and oxygen atoms in total. The Morgan fingerprint density at radius 2 is 1.85 bits per heavy atom. The van der Waals surface area contributed by atoms with Crippen molar-refractivity contribution in [1.82, 2.24) is 10.6 Å². The summed E-state index contributed by atoms with van der Waals surface area (Å²) >= 11 is 0.987. The maximum Gasteiger partial charge on any atom is 0.285 e. The first-order valence-electron chi connectivity index (χ1n) is 11.2. The average molecular weight is 507 g/mol. The van der Waals surface area contributed by atoms with E-state index in [-0.39, 0.29) is 62.2 Å². The van der Waals surface area contributed by atoms with E-state index in [0.717, 1.165) is 11.8 Å².